The third-order valence-electron chi connectivity index (χ3n) is 3.63. The van der Waals surface area contributed by atoms with Crippen molar-refractivity contribution in [3.63, 3.8) is 0 Å². The largest absolute Gasteiger partial charge is 0.481 e. The van der Waals surface area contributed by atoms with Crippen LogP contribution in [0.15, 0.2) is 0 Å². The summed E-state index contributed by atoms with van der Waals surface area (Å²) in [6.07, 6.45) is 3.37. The van der Waals surface area contributed by atoms with Gasteiger partial charge < -0.3 is 14.9 Å². The van der Waals surface area contributed by atoms with Gasteiger partial charge in [-0.25, -0.2) is 0 Å². The summed E-state index contributed by atoms with van der Waals surface area (Å²) in [4.78, 5) is 13.7. The molecule has 5 heteroatoms. The van der Waals surface area contributed by atoms with Gasteiger partial charge >= 0.3 is 5.97 Å². The minimum absolute atomic E-state index is 0.0366. The fraction of sp³-hybridized carbons (Fsp3) is 0.923. The lowest BCUT2D eigenvalue weighted by Crippen LogP contribution is -2.48. The molecule has 1 atom stereocenters. The molecule has 1 aliphatic heterocycles. The number of piperidine rings is 1. The Morgan fingerprint density at radius 1 is 1.44 bits per heavy atom. The van der Waals surface area contributed by atoms with Crippen molar-refractivity contribution in [3.8, 4) is 0 Å². The molecule has 0 aromatic carbocycles. The van der Waals surface area contributed by atoms with E-state index in [0.717, 1.165) is 38.8 Å². The van der Waals surface area contributed by atoms with Gasteiger partial charge in [-0.1, -0.05) is 13.3 Å². The van der Waals surface area contributed by atoms with Crippen molar-refractivity contribution in [1.82, 2.24) is 4.90 Å². The van der Waals surface area contributed by atoms with Gasteiger partial charge in [-0.3, -0.25) is 9.69 Å². The molecule has 0 saturated carbocycles. The quantitative estimate of drug-likeness (QED) is 0.635. The normalized spacial score (nSPS) is 25.2. The number of hydrogen-bond acceptors (Lipinski definition) is 4. The van der Waals surface area contributed by atoms with Crippen LogP contribution < -0.4 is 0 Å². The summed E-state index contributed by atoms with van der Waals surface area (Å²) in [5, 5.41) is 18.1. The first-order valence-corrected chi connectivity index (χ1v) is 6.79. The van der Waals surface area contributed by atoms with Crippen molar-refractivity contribution in [2.75, 3.05) is 39.5 Å². The number of ether oxygens (including phenoxy) is 1. The van der Waals surface area contributed by atoms with E-state index in [4.69, 9.17) is 9.84 Å². The number of aliphatic carboxylic acids is 1. The van der Waals surface area contributed by atoms with E-state index >= 15 is 0 Å². The number of aliphatic hydroxyl groups excluding tert-OH is 1. The van der Waals surface area contributed by atoms with E-state index in [-0.39, 0.29) is 6.61 Å². The molecule has 1 heterocycles. The molecule has 0 aliphatic carbocycles. The van der Waals surface area contributed by atoms with Crippen LogP contribution in [0.2, 0.25) is 0 Å². The Labute approximate surface area is 109 Å². The predicted octanol–water partition coefficient (Wildman–Crippen LogP) is 0.962. The minimum atomic E-state index is -0.662. The zero-order chi connectivity index (χ0) is 13.4. The predicted molar refractivity (Wildman–Crippen MR) is 68.6 cm³/mol. The third kappa shape index (κ3) is 4.23. The zero-order valence-corrected chi connectivity index (χ0v) is 11.2. The van der Waals surface area contributed by atoms with Gasteiger partial charge in [0.15, 0.2) is 0 Å². The van der Waals surface area contributed by atoms with Crippen LogP contribution in [0.5, 0.6) is 0 Å². The van der Waals surface area contributed by atoms with Crippen LogP contribution in [-0.4, -0.2) is 60.5 Å². The summed E-state index contributed by atoms with van der Waals surface area (Å²) in [6.45, 7) is 5.30. The van der Waals surface area contributed by atoms with Crippen LogP contribution in [-0.2, 0) is 9.53 Å². The number of hydrogen-bond donors (Lipinski definition) is 2. The van der Waals surface area contributed by atoms with Gasteiger partial charge in [0.1, 0.15) is 0 Å². The average molecular weight is 259 g/mol. The van der Waals surface area contributed by atoms with Gasteiger partial charge in [-0.05, 0) is 25.8 Å². The molecule has 1 aliphatic rings. The third-order valence-corrected chi connectivity index (χ3v) is 3.63. The number of carboxylic acid groups (broad SMARTS) is 1. The van der Waals surface area contributed by atoms with E-state index in [9.17, 15) is 9.90 Å². The summed E-state index contributed by atoms with van der Waals surface area (Å²) in [6, 6.07) is 0. The van der Waals surface area contributed by atoms with Gasteiger partial charge in [0.2, 0.25) is 0 Å². The van der Waals surface area contributed by atoms with Gasteiger partial charge in [0.05, 0.1) is 25.2 Å². The van der Waals surface area contributed by atoms with Crippen molar-refractivity contribution in [2.24, 2.45) is 5.41 Å². The van der Waals surface area contributed by atoms with E-state index in [1.165, 1.54) is 0 Å². The highest BCUT2D eigenvalue weighted by molar-refractivity contribution is 5.75. The van der Waals surface area contributed by atoms with Crippen LogP contribution in [0.4, 0.5) is 0 Å². The monoisotopic (exact) mass is 259 g/mol. The molecule has 0 bridgehead atoms. The van der Waals surface area contributed by atoms with E-state index < -0.39 is 11.4 Å². The van der Waals surface area contributed by atoms with Crippen LogP contribution in [0.1, 0.15) is 32.6 Å². The molecule has 18 heavy (non-hydrogen) atoms. The molecule has 106 valence electrons. The first-order valence-electron chi connectivity index (χ1n) is 6.79. The number of rotatable bonds is 8. The summed E-state index contributed by atoms with van der Waals surface area (Å²) in [7, 11) is 0. The van der Waals surface area contributed by atoms with Gasteiger partial charge in [-0.2, -0.15) is 0 Å². The molecule has 0 spiro atoms. The number of aliphatic hydroxyl groups is 1. The molecule has 1 rings (SSSR count). The van der Waals surface area contributed by atoms with Crippen LogP contribution >= 0.6 is 0 Å². The van der Waals surface area contributed by atoms with Crippen molar-refractivity contribution in [2.45, 2.75) is 32.6 Å². The second-order valence-corrected chi connectivity index (χ2v) is 5.05. The topological polar surface area (TPSA) is 70.0 Å². The summed E-state index contributed by atoms with van der Waals surface area (Å²) >= 11 is 0. The van der Waals surface area contributed by atoms with Crippen molar-refractivity contribution >= 4 is 5.97 Å². The Bertz CT molecular complexity index is 255. The highest BCUT2D eigenvalue weighted by atomic mass is 16.5. The zero-order valence-electron chi connectivity index (χ0n) is 11.2. The Kier molecular flexibility index (Phi) is 6.60. The lowest BCUT2D eigenvalue weighted by atomic mass is 9.76. The molecule has 1 unspecified atom stereocenters. The van der Waals surface area contributed by atoms with Crippen molar-refractivity contribution in [1.29, 1.82) is 0 Å². The molecule has 0 aromatic heterocycles. The lowest BCUT2D eigenvalue weighted by Gasteiger charge is -2.39. The molecule has 5 nitrogen and oxygen atoms in total. The average Bonchev–Trinajstić information content (AvgIpc) is 2.35. The Morgan fingerprint density at radius 3 is 2.83 bits per heavy atom. The summed E-state index contributed by atoms with van der Waals surface area (Å²) in [5.74, 6) is -0.662. The number of likely N-dealkylation sites (tertiary alicyclic amines) is 1. The maximum atomic E-state index is 11.5. The van der Waals surface area contributed by atoms with E-state index in [2.05, 4.69) is 4.90 Å². The van der Waals surface area contributed by atoms with Crippen molar-refractivity contribution < 1.29 is 19.7 Å². The highest BCUT2D eigenvalue weighted by Gasteiger charge is 2.41. The fourth-order valence-corrected chi connectivity index (χ4v) is 2.74. The standard InChI is InChI=1S/C13H25NO4/c1-2-4-13(12(16)17)5-3-6-14(11-13)7-9-18-10-8-15/h15H,2-11H2,1H3,(H,16,17). The van der Waals surface area contributed by atoms with E-state index in [1.54, 1.807) is 0 Å². The van der Waals surface area contributed by atoms with E-state index in [1.807, 2.05) is 6.92 Å². The number of carboxylic acids is 1. The van der Waals surface area contributed by atoms with Gasteiger partial charge in [0, 0.05) is 13.1 Å². The fourth-order valence-electron chi connectivity index (χ4n) is 2.74. The van der Waals surface area contributed by atoms with Crippen LogP contribution in [0.25, 0.3) is 0 Å². The smallest absolute Gasteiger partial charge is 0.310 e. The Morgan fingerprint density at radius 2 is 2.22 bits per heavy atom. The maximum Gasteiger partial charge on any atom is 0.310 e. The highest BCUT2D eigenvalue weighted by Crippen LogP contribution is 2.34. The molecule has 0 amide bonds. The van der Waals surface area contributed by atoms with E-state index in [0.29, 0.717) is 19.8 Å². The molecular formula is C13H25NO4. The molecule has 1 fully saturated rings. The van der Waals surface area contributed by atoms with Gasteiger partial charge in [-0.15, -0.1) is 0 Å². The first-order chi connectivity index (χ1) is 8.64. The van der Waals surface area contributed by atoms with Gasteiger partial charge in [0.25, 0.3) is 0 Å². The number of nitrogens with zero attached hydrogens (tertiary/aromatic N) is 1. The summed E-state index contributed by atoms with van der Waals surface area (Å²) < 4.78 is 5.24. The number of carbonyl (C=O) groups is 1. The first kappa shape index (κ1) is 15.4. The summed E-state index contributed by atoms with van der Waals surface area (Å²) in [5.41, 5.74) is -0.565. The minimum Gasteiger partial charge on any atom is -0.481 e. The second kappa shape index (κ2) is 7.71. The maximum absolute atomic E-state index is 11.5. The van der Waals surface area contributed by atoms with Crippen molar-refractivity contribution in [3.05, 3.63) is 0 Å². The SMILES string of the molecule is CCCC1(C(=O)O)CCCN(CCOCCO)C1. The van der Waals surface area contributed by atoms with Crippen LogP contribution in [0, 0.1) is 5.41 Å². The van der Waals surface area contributed by atoms with Crippen LogP contribution in [0.3, 0.4) is 0 Å². The lowest BCUT2D eigenvalue weighted by molar-refractivity contribution is -0.153. The molecule has 0 aromatic rings. The molecule has 1 saturated heterocycles. The molecule has 0 radical (unpaired) electrons. The molecule has 2 N–H and O–H groups in total. The Hall–Kier alpha value is -0.650. The second-order valence-electron chi connectivity index (χ2n) is 5.05. The molecular weight excluding hydrogens is 234 g/mol. The Balaban J connectivity index is 2.45.